The third kappa shape index (κ3) is 4.07. The van der Waals surface area contributed by atoms with Crippen LogP contribution in [0.5, 0.6) is 0 Å². The molecule has 4 atom stereocenters. The van der Waals surface area contributed by atoms with Gasteiger partial charge in [0.2, 0.25) is 0 Å². The minimum absolute atomic E-state index is 0.0327. The van der Waals surface area contributed by atoms with Gasteiger partial charge in [-0.3, -0.25) is 14.6 Å². The Balaban J connectivity index is 1.33. The molecule has 3 aliphatic rings. The Bertz CT molecular complexity index is 1220. The molecule has 0 radical (unpaired) electrons. The van der Waals surface area contributed by atoms with Gasteiger partial charge >= 0.3 is 5.97 Å². The number of rotatable bonds is 5. The first-order valence-electron chi connectivity index (χ1n) is 12.6. The largest absolute Gasteiger partial charge is 0.481 e. The van der Waals surface area contributed by atoms with E-state index in [4.69, 9.17) is 0 Å². The van der Waals surface area contributed by atoms with Crippen LogP contribution < -0.4 is 5.32 Å². The first kappa shape index (κ1) is 23.7. The number of carbonyl (C=O) groups is 2. The highest BCUT2D eigenvalue weighted by Crippen LogP contribution is 2.63. The molecule has 0 saturated heterocycles. The number of aliphatic carboxylic acids is 1. The number of aryl methyl sites for hydroxylation is 1. The Morgan fingerprint density at radius 2 is 2.03 bits per heavy atom. The molecule has 3 unspecified atom stereocenters. The van der Waals surface area contributed by atoms with E-state index in [0.717, 1.165) is 37.7 Å². The molecule has 1 amide bonds. The van der Waals surface area contributed by atoms with Gasteiger partial charge < -0.3 is 10.4 Å². The molecule has 184 valence electrons. The molecule has 1 aromatic heterocycles. The van der Waals surface area contributed by atoms with Gasteiger partial charge in [-0.05, 0) is 110 Å². The maximum atomic E-state index is 13.9. The zero-order valence-corrected chi connectivity index (χ0v) is 20.6. The summed E-state index contributed by atoms with van der Waals surface area (Å²) in [7, 11) is 0. The van der Waals surface area contributed by atoms with Crippen molar-refractivity contribution in [2.75, 3.05) is 6.54 Å². The molecule has 1 aromatic carbocycles. The number of benzene rings is 1. The van der Waals surface area contributed by atoms with Crippen LogP contribution in [-0.4, -0.2) is 28.5 Å². The van der Waals surface area contributed by atoms with Crippen LogP contribution in [-0.2, 0) is 11.2 Å². The molecule has 5 rings (SSSR count). The van der Waals surface area contributed by atoms with Crippen molar-refractivity contribution in [3.63, 3.8) is 0 Å². The highest BCUT2D eigenvalue weighted by molar-refractivity contribution is 5.94. The second-order valence-electron chi connectivity index (χ2n) is 11.4. The van der Waals surface area contributed by atoms with Crippen molar-refractivity contribution in [3.05, 3.63) is 70.8 Å². The van der Waals surface area contributed by atoms with Crippen molar-refractivity contribution in [1.82, 2.24) is 10.3 Å². The van der Waals surface area contributed by atoms with Crippen molar-refractivity contribution in [2.45, 2.75) is 58.8 Å². The van der Waals surface area contributed by atoms with E-state index >= 15 is 0 Å². The van der Waals surface area contributed by atoms with Crippen LogP contribution >= 0.6 is 0 Å². The summed E-state index contributed by atoms with van der Waals surface area (Å²) in [5.41, 5.74) is 4.35. The van der Waals surface area contributed by atoms with Gasteiger partial charge in [-0.25, -0.2) is 4.39 Å². The first-order chi connectivity index (χ1) is 16.6. The summed E-state index contributed by atoms with van der Waals surface area (Å²) in [5, 5.41) is 12.1. The van der Waals surface area contributed by atoms with Crippen LogP contribution in [0.3, 0.4) is 0 Å². The van der Waals surface area contributed by atoms with Crippen molar-refractivity contribution in [3.8, 4) is 0 Å². The van der Waals surface area contributed by atoms with E-state index in [1.807, 2.05) is 12.1 Å². The lowest BCUT2D eigenvalue weighted by molar-refractivity contribution is -0.146. The Morgan fingerprint density at radius 1 is 1.23 bits per heavy atom. The van der Waals surface area contributed by atoms with Gasteiger partial charge in [-0.1, -0.05) is 19.1 Å². The highest BCUT2D eigenvalue weighted by atomic mass is 19.1. The Hall–Kier alpha value is -3.02. The number of carboxylic acid groups (broad SMARTS) is 1. The van der Waals surface area contributed by atoms with Gasteiger partial charge in [-0.15, -0.1) is 0 Å². The summed E-state index contributed by atoms with van der Waals surface area (Å²) >= 11 is 0. The monoisotopic (exact) mass is 476 g/mol. The Kier molecular flexibility index (Phi) is 5.81. The summed E-state index contributed by atoms with van der Waals surface area (Å²) in [6.45, 7) is 5.64. The molecule has 2 N–H and O–H groups in total. The summed E-state index contributed by atoms with van der Waals surface area (Å²) in [6, 6.07) is 7.61. The van der Waals surface area contributed by atoms with Crippen LogP contribution in [0.4, 0.5) is 4.39 Å². The van der Waals surface area contributed by atoms with E-state index in [-0.39, 0.29) is 23.7 Å². The second kappa shape index (κ2) is 8.58. The van der Waals surface area contributed by atoms with E-state index in [2.05, 4.69) is 29.4 Å². The Labute approximate surface area is 205 Å². The predicted molar refractivity (Wildman–Crippen MR) is 132 cm³/mol. The van der Waals surface area contributed by atoms with Crippen molar-refractivity contribution in [1.29, 1.82) is 0 Å². The second-order valence-corrected chi connectivity index (χ2v) is 11.4. The number of amides is 1. The lowest BCUT2D eigenvalue weighted by atomic mass is 9.54. The standard InChI is InChI=1S/C29H33FN2O3/c1-28(2,27(34)35)16-32-26(33)18-5-6-21-17(12-18)4-7-23-22(21)10-11-29(3)24(8-9-25(23)29)19-13-20(30)15-31-14-19/h5-6,8,12-15,22-23,25H,4,7,9-11,16H2,1-3H3,(H,32,33)(H,34,35)/t22?,23?,25?,29-/m1/s1. The molecule has 3 aliphatic carbocycles. The lowest BCUT2D eigenvalue weighted by Gasteiger charge is -2.50. The van der Waals surface area contributed by atoms with E-state index in [1.165, 1.54) is 22.9 Å². The number of carbonyl (C=O) groups excluding carboxylic acids is 1. The van der Waals surface area contributed by atoms with Gasteiger partial charge in [0, 0.05) is 18.3 Å². The number of hydrogen-bond donors (Lipinski definition) is 2. The number of hydrogen-bond acceptors (Lipinski definition) is 3. The number of allylic oxidation sites excluding steroid dienone is 2. The first-order valence-corrected chi connectivity index (χ1v) is 12.6. The molecule has 5 nitrogen and oxygen atoms in total. The van der Waals surface area contributed by atoms with Crippen LogP contribution in [0.25, 0.3) is 5.57 Å². The van der Waals surface area contributed by atoms with Crippen molar-refractivity contribution >= 4 is 17.4 Å². The maximum absolute atomic E-state index is 13.9. The van der Waals surface area contributed by atoms with Gasteiger partial charge in [0.1, 0.15) is 5.82 Å². The minimum Gasteiger partial charge on any atom is -0.481 e. The van der Waals surface area contributed by atoms with Crippen LogP contribution in [0.1, 0.15) is 79.4 Å². The van der Waals surface area contributed by atoms with E-state index in [9.17, 15) is 19.1 Å². The molecule has 1 heterocycles. The molecule has 1 saturated carbocycles. The third-order valence-corrected chi connectivity index (χ3v) is 8.86. The summed E-state index contributed by atoms with van der Waals surface area (Å²) in [6.07, 6.45) is 10.5. The van der Waals surface area contributed by atoms with Gasteiger partial charge in [-0.2, -0.15) is 0 Å². The summed E-state index contributed by atoms with van der Waals surface area (Å²) < 4.78 is 13.9. The fourth-order valence-corrected chi connectivity index (χ4v) is 6.78. The molecule has 0 aliphatic heterocycles. The normalized spacial score (nSPS) is 27.3. The zero-order valence-electron chi connectivity index (χ0n) is 20.6. The quantitative estimate of drug-likeness (QED) is 0.588. The fourth-order valence-electron chi connectivity index (χ4n) is 6.78. The van der Waals surface area contributed by atoms with Crippen LogP contribution in [0, 0.1) is 28.5 Å². The maximum Gasteiger partial charge on any atom is 0.310 e. The van der Waals surface area contributed by atoms with E-state index in [0.29, 0.717) is 23.3 Å². The topological polar surface area (TPSA) is 79.3 Å². The third-order valence-electron chi connectivity index (χ3n) is 8.86. The minimum atomic E-state index is -1.01. The molecule has 2 aromatic rings. The number of nitrogens with zero attached hydrogens (tertiary/aromatic N) is 1. The number of carboxylic acids is 1. The predicted octanol–water partition coefficient (Wildman–Crippen LogP) is 5.61. The number of aromatic nitrogens is 1. The number of nitrogens with one attached hydrogen (secondary N) is 1. The lowest BCUT2D eigenvalue weighted by Crippen LogP contribution is -2.41. The number of pyridine rings is 1. The molecule has 35 heavy (non-hydrogen) atoms. The summed E-state index contributed by atoms with van der Waals surface area (Å²) in [5.74, 6) is 0.104. The average molecular weight is 477 g/mol. The molecule has 0 spiro atoms. The number of fused-ring (bicyclic) bond motifs is 5. The average Bonchev–Trinajstić information content (AvgIpc) is 3.19. The van der Waals surface area contributed by atoms with Crippen molar-refractivity contribution in [2.24, 2.45) is 22.7 Å². The van der Waals surface area contributed by atoms with E-state index < -0.39 is 11.4 Å². The molecule has 1 fully saturated rings. The molecule has 0 bridgehead atoms. The van der Waals surface area contributed by atoms with Gasteiger partial charge in [0.25, 0.3) is 5.91 Å². The zero-order chi connectivity index (χ0) is 25.0. The Morgan fingerprint density at radius 3 is 2.77 bits per heavy atom. The smallest absolute Gasteiger partial charge is 0.310 e. The van der Waals surface area contributed by atoms with Gasteiger partial charge in [0.05, 0.1) is 11.6 Å². The van der Waals surface area contributed by atoms with Gasteiger partial charge in [0.15, 0.2) is 0 Å². The molecular weight excluding hydrogens is 443 g/mol. The molecule has 6 heteroatoms. The SMILES string of the molecule is CC(C)(CNC(=O)c1ccc2c(c1)CCC1C2CC[C@]2(C)C(c3cncc(F)c3)=CCC12)C(=O)O. The van der Waals surface area contributed by atoms with Crippen LogP contribution in [0.15, 0.2) is 42.7 Å². The molecular formula is C29H33FN2O3. The fraction of sp³-hybridized carbons (Fsp3) is 0.483. The highest BCUT2D eigenvalue weighted by Gasteiger charge is 2.52. The van der Waals surface area contributed by atoms with Crippen LogP contribution in [0.2, 0.25) is 0 Å². The van der Waals surface area contributed by atoms with E-state index in [1.54, 1.807) is 26.1 Å². The van der Waals surface area contributed by atoms with Crippen molar-refractivity contribution < 1.29 is 19.1 Å². The number of halogens is 1. The summed E-state index contributed by atoms with van der Waals surface area (Å²) in [4.78, 5) is 28.2.